The molecule has 0 saturated heterocycles. The number of hydrogen-bond donors (Lipinski definition) is 0. The number of rotatable bonds is 8. The van der Waals surface area contributed by atoms with E-state index < -0.39 is 0 Å². The van der Waals surface area contributed by atoms with E-state index in [4.69, 9.17) is 0 Å². The zero-order valence-electron chi connectivity index (χ0n) is 12.4. The second-order valence-electron chi connectivity index (χ2n) is 5.02. The Kier molecular flexibility index (Phi) is 8.42. The van der Waals surface area contributed by atoms with Gasteiger partial charge in [-0.1, -0.05) is 27.7 Å². The van der Waals surface area contributed by atoms with Gasteiger partial charge in [-0.3, -0.25) is 9.59 Å². The average molecular weight is 257 g/mol. The Morgan fingerprint density at radius 1 is 1.17 bits per heavy atom. The zero-order chi connectivity index (χ0) is 14.1. The average Bonchev–Trinajstić information content (AvgIpc) is 2.34. The van der Waals surface area contributed by atoms with Crippen molar-refractivity contribution in [3.05, 3.63) is 0 Å². The van der Waals surface area contributed by atoms with Crippen molar-refractivity contribution in [1.29, 1.82) is 0 Å². The summed E-state index contributed by atoms with van der Waals surface area (Å²) in [5, 5.41) is 0. The van der Waals surface area contributed by atoms with E-state index >= 15 is 0 Å². The van der Waals surface area contributed by atoms with Gasteiger partial charge in [-0.2, -0.15) is 0 Å². The Morgan fingerprint density at radius 2 is 1.72 bits per heavy atom. The first-order chi connectivity index (χ1) is 8.46. The van der Waals surface area contributed by atoms with Gasteiger partial charge < -0.3 is 9.64 Å². The summed E-state index contributed by atoms with van der Waals surface area (Å²) in [4.78, 5) is 25.3. The minimum atomic E-state index is -0.263. The van der Waals surface area contributed by atoms with Crippen LogP contribution in [0.15, 0.2) is 0 Å². The van der Waals surface area contributed by atoms with Crippen molar-refractivity contribution in [3.8, 4) is 0 Å². The predicted octanol–water partition coefficient (Wildman–Crippen LogP) is 2.47. The van der Waals surface area contributed by atoms with Crippen molar-refractivity contribution in [2.45, 2.75) is 47.0 Å². The number of esters is 1. The van der Waals surface area contributed by atoms with Crippen molar-refractivity contribution < 1.29 is 14.3 Å². The number of carbonyl (C=O) groups is 2. The standard InChI is InChI=1S/C14H27NO3/c1-6-12(7-2)14(17)15(10-11(3)4)9-8-13(16)18-5/h11-12H,6-10H2,1-5H3. The Morgan fingerprint density at radius 3 is 2.11 bits per heavy atom. The van der Waals surface area contributed by atoms with E-state index in [2.05, 4.69) is 18.6 Å². The van der Waals surface area contributed by atoms with Crippen LogP contribution in [0.2, 0.25) is 0 Å². The number of hydrogen-bond acceptors (Lipinski definition) is 3. The molecule has 18 heavy (non-hydrogen) atoms. The van der Waals surface area contributed by atoms with Crippen LogP contribution in [0, 0.1) is 11.8 Å². The van der Waals surface area contributed by atoms with E-state index in [1.807, 2.05) is 13.8 Å². The third kappa shape index (κ3) is 6.03. The number of methoxy groups -OCH3 is 1. The smallest absolute Gasteiger partial charge is 0.307 e. The van der Waals surface area contributed by atoms with Crippen molar-refractivity contribution >= 4 is 11.9 Å². The summed E-state index contributed by atoms with van der Waals surface area (Å²) in [7, 11) is 1.37. The van der Waals surface area contributed by atoms with Gasteiger partial charge in [0.15, 0.2) is 0 Å². The molecule has 106 valence electrons. The highest BCUT2D eigenvalue weighted by Gasteiger charge is 2.22. The maximum Gasteiger partial charge on any atom is 0.307 e. The monoisotopic (exact) mass is 257 g/mol. The quantitative estimate of drug-likeness (QED) is 0.628. The molecule has 0 rings (SSSR count). The normalized spacial score (nSPS) is 10.8. The minimum absolute atomic E-state index is 0.0707. The van der Waals surface area contributed by atoms with Gasteiger partial charge in [-0.05, 0) is 18.8 Å². The third-order valence-corrected chi connectivity index (χ3v) is 3.05. The third-order valence-electron chi connectivity index (χ3n) is 3.05. The molecule has 0 bridgehead atoms. The Labute approximate surface area is 111 Å². The van der Waals surface area contributed by atoms with Crippen LogP contribution < -0.4 is 0 Å². The maximum atomic E-state index is 12.3. The van der Waals surface area contributed by atoms with Crippen LogP contribution in [0.5, 0.6) is 0 Å². The van der Waals surface area contributed by atoms with Crippen LogP contribution in [-0.2, 0) is 14.3 Å². The molecule has 0 N–H and O–H groups in total. The van der Waals surface area contributed by atoms with Gasteiger partial charge in [0.25, 0.3) is 0 Å². The Balaban J connectivity index is 4.55. The molecule has 0 spiro atoms. The molecule has 0 saturated carbocycles. The summed E-state index contributed by atoms with van der Waals surface area (Å²) >= 11 is 0. The van der Waals surface area contributed by atoms with Crippen LogP contribution in [-0.4, -0.2) is 37.0 Å². The first kappa shape index (κ1) is 16.9. The maximum absolute atomic E-state index is 12.3. The van der Waals surface area contributed by atoms with Crippen LogP contribution >= 0.6 is 0 Å². The van der Waals surface area contributed by atoms with Crippen molar-refractivity contribution in [1.82, 2.24) is 4.90 Å². The highest BCUT2D eigenvalue weighted by molar-refractivity contribution is 5.79. The Bertz CT molecular complexity index is 260. The lowest BCUT2D eigenvalue weighted by atomic mass is 10.0. The van der Waals surface area contributed by atoms with E-state index in [9.17, 15) is 9.59 Å². The number of nitrogens with zero attached hydrogens (tertiary/aromatic N) is 1. The topological polar surface area (TPSA) is 46.6 Å². The zero-order valence-corrected chi connectivity index (χ0v) is 12.4. The number of carbonyl (C=O) groups excluding carboxylic acids is 2. The first-order valence-electron chi connectivity index (χ1n) is 6.81. The molecule has 0 aliphatic heterocycles. The van der Waals surface area contributed by atoms with Gasteiger partial charge in [-0.15, -0.1) is 0 Å². The van der Waals surface area contributed by atoms with Crippen molar-refractivity contribution in [2.24, 2.45) is 11.8 Å². The predicted molar refractivity (Wildman–Crippen MR) is 72.1 cm³/mol. The highest BCUT2D eigenvalue weighted by Crippen LogP contribution is 2.14. The molecule has 0 atom stereocenters. The number of ether oxygens (including phenoxy) is 1. The van der Waals surface area contributed by atoms with Gasteiger partial charge in [0, 0.05) is 19.0 Å². The summed E-state index contributed by atoms with van der Waals surface area (Å²) < 4.78 is 4.62. The molecular weight excluding hydrogens is 230 g/mol. The molecular formula is C14H27NO3. The lowest BCUT2D eigenvalue weighted by molar-refractivity contribution is -0.142. The second-order valence-corrected chi connectivity index (χ2v) is 5.02. The molecule has 0 aliphatic rings. The van der Waals surface area contributed by atoms with E-state index in [1.165, 1.54) is 7.11 Å². The van der Waals surface area contributed by atoms with Gasteiger partial charge in [-0.25, -0.2) is 0 Å². The number of amides is 1. The fourth-order valence-corrected chi connectivity index (χ4v) is 1.96. The fraction of sp³-hybridized carbons (Fsp3) is 0.857. The molecule has 0 radical (unpaired) electrons. The van der Waals surface area contributed by atoms with Crippen LogP contribution in [0.25, 0.3) is 0 Å². The second kappa shape index (κ2) is 8.95. The molecule has 0 heterocycles. The van der Waals surface area contributed by atoms with E-state index in [0.717, 1.165) is 12.8 Å². The van der Waals surface area contributed by atoms with E-state index in [0.29, 0.717) is 19.0 Å². The largest absolute Gasteiger partial charge is 0.469 e. The SMILES string of the molecule is CCC(CC)C(=O)N(CCC(=O)OC)CC(C)C. The van der Waals surface area contributed by atoms with Crippen LogP contribution in [0.1, 0.15) is 47.0 Å². The van der Waals surface area contributed by atoms with E-state index in [1.54, 1.807) is 4.90 Å². The summed E-state index contributed by atoms with van der Waals surface area (Å²) in [5.41, 5.74) is 0. The molecule has 0 aromatic rings. The van der Waals surface area contributed by atoms with Crippen LogP contribution in [0.4, 0.5) is 0 Å². The molecule has 4 nitrogen and oxygen atoms in total. The lowest BCUT2D eigenvalue weighted by Gasteiger charge is -2.27. The lowest BCUT2D eigenvalue weighted by Crippen LogP contribution is -2.39. The fourth-order valence-electron chi connectivity index (χ4n) is 1.96. The molecule has 0 aliphatic carbocycles. The molecule has 1 amide bonds. The van der Waals surface area contributed by atoms with Gasteiger partial charge >= 0.3 is 5.97 Å². The molecule has 0 aromatic carbocycles. The summed E-state index contributed by atoms with van der Waals surface area (Å²) in [6.07, 6.45) is 1.97. The molecule has 0 unspecified atom stereocenters. The molecule has 0 fully saturated rings. The first-order valence-corrected chi connectivity index (χ1v) is 6.81. The summed E-state index contributed by atoms with van der Waals surface area (Å²) in [6, 6.07) is 0. The van der Waals surface area contributed by atoms with Crippen molar-refractivity contribution in [2.75, 3.05) is 20.2 Å². The van der Waals surface area contributed by atoms with Gasteiger partial charge in [0.2, 0.25) is 5.91 Å². The Hall–Kier alpha value is -1.06. The van der Waals surface area contributed by atoms with Crippen LogP contribution in [0.3, 0.4) is 0 Å². The highest BCUT2D eigenvalue weighted by atomic mass is 16.5. The summed E-state index contributed by atoms with van der Waals surface area (Å²) in [6.45, 7) is 9.36. The van der Waals surface area contributed by atoms with Crippen molar-refractivity contribution in [3.63, 3.8) is 0 Å². The molecule has 0 aromatic heterocycles. The summed E-state index contributed by atoms with van der Waals surface area (Å²) in [5.74, 6) is 0.376. The van der Waals surface area contributed by atoms with Gasteiger partial charge in [0.1, 0.15) is 0 Å². The minimum Gasteiger partial charge on any atom is -0.469 e. The van der Waals surface area contributed by atoms with E-state index in [-0.39, 0.29) is 24.2 Å². The molecule has 4 heteroatoms. The van der Waals surface area contributed by atoms with Gasteiger partial charge in [0.05, 0.1) is 13.5 Å².